The molecule has 0 saturated carbocycles. The van der Waals surface area contributed by atoms with Crippen molar-refractivity contribution in [1.29, 1.82) is 0 Å². The predicted octanol–water partition coefficient (Wildman–Crippen LogP) is 1.06. The molecule has 1 aliphatic heterocycles. The second-order valence-corrected chi connectivity index (χ2v) is 4.62. The van der Waals surface area contributed by atoms with Crippen LogP contribution >= 0.6 is 0 Å². The van der Waals surface area contributed by atoms with E-state index in [0.29, 0.717) is 5.56 Å². The molecule has 6 nitrogen and oxygen atoms in total. The maximum absolute atomic E-state index is 12.2. The second kappa shape index (κ2) is 6.30. The number of hydrazone groups is 1. The van der Waals surface area contributed by atoms with Crippen molar-refractivity contribution < 1.29 is 19.1 Å². The van der Waals surface area contributed by atoms with Crippen molar-refractivity contribution in [1.82, 2.24) is 5.01 Å². The maximum atomic E-state index is 12.2. The number of ketones is 2. The van der Waals surface area contributed by atoms with Crippen molar-refractivity contribution in [3.63, 3.8) is 0 Å². The molecule has 0 fully saturated rings. The van der Waals surface area contributed by atoms with Gasteiger partial charge < -0.3 is 4.74 Å². The van der Waals surface area contributed by atoms with Crippen LogP contribution in [0.25, 0.3) is 0 Å². The van der Waals surface area contributed by atoms with Gasteiger partial charge in [-0.05, 0) is 6.92 Å². The van der Waals surface area contributed by atoms with E-state index in [0.717, 1.165) is 0 Å². The zero-order valence-corrected chi connectivity index (χ0v) is 11.9. The first kappa shape index (κ1) is 14.9. The molecule has 1 unspecified atom stereocenters. The molecule has 6 heteroatoms. The molecule has 1 atom stereocenters. The molecule has 0 aliphatic carbocycles. The van der Waals surface area contributed by atoms with Crippen molar-refractivity contribution in [2.45, 2.75) is 19.4 Å². The topological polar surface area (TPSA) is 76.0 Å². The Hall–Kier alpha value is -2.50. The van der Waals surface area contributed by atoms with Gasteiger partial charge in [0.1, 0.15) is 6.04 Å². The fourth-order valence-electron chi connectivity index (χ4n) is 2.09. The quantitative estimate of drug-likeness (QED) is 0.598. The smallest absolute Gasteiger partial charge is 0.362 e. The van der Waals surface area contributed by atoms with Gasteiger partial charge in [0, 0.05) is 19.0 Å². The molecule has 2 rings (SSSR count). The van der Waals surface area contributed by atoms with Crippen LogP contribution in [0.5, 0.6) is 0 Å². The zero-order chi connectivity index (χ0) is 15.4. The molecule has 1 aromatic carbocycles. The third-order valence-electron chi connectivity index (χ3n) is 3.19. The summed E-state index contributed by atoms with van der Waals surface area (Å²) in [5.41, 5.74) is 0.286. The lowest BCUT2D eigenvalue weighted by Gasteiger charge is -2.16. The van der Waals surface area contributed by atoms with Gasteiger partial charge in [-0.2, -0.15) is 5.10 Å². The molecule has 1 heterocycles. The molecular weight excluding hydrogens is 272 g/mol. The Bertz CT molecular complexity index is 595. The predicted molar refractivity (Wildman–Crippen MR) is 76.0 cm³/mol. The largest absolute Gasteiger partial charge is 0.461 e. The minimum absolute atomic E-state index is 0.0221. The third kappa shape index (κ3) is 3.16. The number of rotatable bonds is 5. The number of esters is 1. The van der Waals surface area contributed by atoms with Gasteiger partial charge in [0.15, 0.2) is 5.78 Å². The normalized spacial score (nSPS) is 17.6. The molecule has 21 heavy (non-hydrogen) atoms. The number of nitrogens with zero attached hydrogens (tertiary/aromatic N) is 2. The average molecular weight is 288 g/mol. The highest BCUT2D eigenvalue weighted by molar-refractivity contribution is 6.66. The molecule has 1 aliphatic rings. The van der Waals surface area contributed by atoms with E-state index < -0.39 is 17.8 Å². The van der Waals surface area contributed by atoms with Crippen LogP contribution in [-0.4, -0.2) is 48.0 Å². The van der Waals surface area contributed by atoms with Crippen molar-refractivity contribution in [3.8, 4) is 0 Å². The molecule has 0 amide bonds. The second-order valence-electron chi connectivity index (χ2n) is 4.62. The van der Waals surface area contributed by atoms with Gasteiger partial charge in [0.25, 0.3) is 0 Å². The van der Waals surface area contributed by atoms with Crippen LogP contribution in [0.15, 0.2) is 35.4 Å². The number of benzene rings is 1. The van der Waals surface area contributed by atoms with E-state index in [1.54, 1.807) is 38.2 Å². The summed E-state index contributed by atoms with van der Waals surface area (Å²) >= 11 is 0. The lowest BCUT2D eigenvalue weighted by atomic mass is 9.99. The van der Waals surface area contributed by atoms with Crippen LogP contribution in [0.2, 0.25) is 0 Å². The number of carbonyl (C=O) groups excluding carboxylic acids is 3. The van der Waals surface area contributed by atoms with Crippen molar-refractivity contribution >= 4 is 23.2 Å². The number of ether oxygens (including phenoxy) is 1. The molecular formula is C15H16N2O4. The summed E-state index contributed by atoms with van der Waals surface area (Å²) in [6.45, 7) is 1.82. The van der Waals surface area contributed by atoms with E-state index in [9.17, 15) is 14.4 Å². The third-order valence-corrected chi connectivity index (χ3v) is 3.19. The minimum atomic E-state index is -0.753. The van der Waals surface area contributed by atoms with E-state index in [4.69, 9.17) is 4.74 Å². The summed E-state index contributed by atoms with van der Waals surface area (Å²) in [4.78, 5) is 35.9. The number of Topliss-reactive ketones (excluding diaryl/α,β-unsaturated/α-hetero) is 2. The molecule has 0 aromatic heterocycles. The first-order valence-electron chi connectivity index (χ1n) is 6.65. The number of hydrogen-bond acceptors (Lipinski definition) is 6. The molecule has 0 N–H and O–H groups in total. The Labute approximate surface area is 122 Å². The van der Waals surface area contributed by atoms with Gasteiger partial charge in [-0.25, -0.2) is 4.79 Å². The van der Waals surface area contributed by atoms with E-state index in [1.807, 2.05) is 6.07 Å². The van der Waals surface area contributed by atoms with Crippen molar-refractivity contribution in [2.24, 2.45) is 5.10 Å². The summed E-state index contributed by atoms with van der Waals surface area (Å²) in [7, 11) is 1.56. The van der Waals surface area contributed by atoms with Gasteiger partial charge in [0.05, 0.1) is 6.61 Å². The van der Waals surface area contributed by atoms with Gasteiger partial charge in [-0.3, -0.25) is 14.6 Å². The summed E-state index contributed by atoms with van der Waals surface area (Å²) in [5, 5.41) is 5.23. The number of likely N-dealkylation sites (N-methyl/N-ethyl adjacent to an activating group) is 1. The van der Waals surface area contributed by atoms with Crippen LogP contribution in [0.4, 0.5) is 0 Å². The highest BCUT2D eigenvalue weighted by atomic mass is 16.5. The van der Waals surface area contributed by atoms with Crippen LogP contribution in [0.1, 0.15) is 23.7 Å². The first-order valence-corrected chi connectivity index (χ1v) is 6.65. The van der Waals surface area contributed by atoms with Crippen molar-refractivity contribution in [3.05, 3.63) is 35.9 Å². The first-order chi connectivity index (χ1) is 10.0. The molecule has 0 bridgehead atoms. The Balaban J connectivity index is 2.08. The molecule has 0 spiro atoms. The Morgan fingerprint density at radius 3 is 2.57 bits per heavy atom. The van der Waals surface area contributed by atoms with E-state index in [-0.39, 0.29) is 24.5 Å². The average Bonchev–Trinajstić information content (AvgIpc) is 2.76. The summed E-state index contributed by atoms with van der Waals surface area (Å²) in [6, 6.07) is 7.95. The fourth-order valence-corrected chi connectivity index (χ4v) is 2.09. The van der Waals surface area contributed by atoms with Gasteiger partial charge >= 0.3 is 5.97 Å². The summed E-state index contributed by atoms with van der Waals surface area (Å²) in [5.74, 6) is -1.38. The Morgan fingerprint density at radius 1 is 1.29 bits per heavy atom. The lowest BCUT2D eigenvalue weighted by molar-refractivity contribution is -0.135. The summed E-state index contributed by atoms with van der Waals surface area (Å²) in [6.07, 6.45) is -0.0221. The highest BCUT2D eigenvalue weighted by Crippen LogP contribution is 2.17. The van der Waals surface area contributed by atoms with Crippen LogP contribution in [-0.2, 0) is 14.3 Å². The molecule has 0 saturated heterocycles. The Morgan fingerprint density at radius 2 is 1.95 bits per heavy atom. The van der Waals surface area contributed by atoms with E-state index >= 15 is 0 Å². The monoisotopic (exact) mass is 288 g/mol. The Kier molecular flexibility index (Phi) is 4.47. The van der Waals surface area contributed by atoms with Gasteiger partial charge in [0.2, 0.25) is 11.5 Å². The van der Waals surface area contributed by atoms with Gasteiger partial charge in [-0.15, -0.1) is 0 Å². The lowest BCUT2D eigenvalue weighted by Crippen LogP contribution is -2.35. The maximum Gasteiger partial charge on any atom is 0.362 e. The fraction of sp³-hybridized carbons (Fsp3) is 0.333. The number of hydrogen-bond donors (Lipinski definition) is 0. The standard InChI is InChI=1S/C15H16N2O4/c1-3-21-15(20)13-14(19)11(17(2)16-13)9-12(18)10-7-5-4-6-8-10/h4-8,11H,3,9H2,1-2H3. The SMILES string of the molecule is CCOC(=O)C1=NN(C)C(CC(=O)c2ccccc2)C1=O. The van der Waals surface area contributed by atoms with Crippen LogP contribution in [0.3, 0.4) is 0 Å². The number of carbonyl (C=O) groups is 3. The van der Waals surface area contributed by atoms with Gasteiger partial charge in [-0.1, -0.05) is 30.3 Å². The van der Waals surface area contributed by atoms with Crippen molar-refractivity contribution in [2.75, 3.05) is 13.7 Å². The molecule has 1 aromatic rings. The minimum Gasteiger partial charge on any atom is -0.461 e. The van der Waals surface area contributed by atoms with Crippen LogP contribution in [0, 0.1) is 0 Å². The van der Waals surface area contributed by atoms with Crippen LogP contribution < -0.4 is 0 Å². The summed E-state index contributed by atoms with van der Waals surface area (Å²) < 4.78 is 4.78. The zero-order valence-electron chi connectivity index (χ0n) is 11.9. The van der Waals surface area contributed by atoms with E-state index in [1.165, 1.54) is 5.01 Å². The highest BCUT2D eigenvalue weighted by Gasteiger charge is 2.39. The molecule has 0 radical (unpaired) electrons. The van der Waals surface area contributed by atoms with E-state index in [2.05, 4.69) is 5.10 Å². The molecule has 110 valence electrons.